The standard InChI is InChI=1S/C18H24O2/c1-6-7-17(19)16-10-14-8-12(4)9-15(11(2)3)18(14)20-13(16)5/h8-9,11H,6-7,10H2,1-5H3. The van der Waals surface area contributed by atoms with E-state index in [0.29, 0.717) is 18.8 Å². The van der Waals surface area contributed by atoms with Gasteiger partial charge in [-0.15, -0.1) is 0 Å². The fourth-order valence-electron chi connectivity index (χ4n) is 2.77. The molecule has 0 aliphatic carbocycles. The highest BCUT2D eigenvalue weighted by molar-refractivity contribution is 5.96. The Bertz CT molecular complexity index is 565. The maximum Gasteiger partial charge on any atom is 0.162 e. The topological polar surface area (TPSA) is 26.3 Å². The molecule has 0 aromatic heterocycles. The zero-order chi connectivity index (χ0) is 14.9. The molecule has 0 N–H and O–H groups in total. The summed E-state index contributed by atoms with van der Waals surface area (Å²) >= 11 is 0. The number of rotatable bonds is 4. The van der Waals surface area contributed by atoms with E-state index in [1.54, 1.807) is 0 Å². The fraction of sp³-hybridized carbons (Fsp3) is 0.500. The van der Waals surface area contributed by atoms with Gasteiger partial charge in [0, 0.05) is 18.4 Å². The van der Waals surface area contributed by atoms with Crippen LogP contribution in [0.25, 0.3) is 0 Å². The van der Waals surface area contributed by atoms with Crippen LogP contribution in [0.3, 0.4) is 0 Å². The van der Waals surface area contributed by atoms with Crippen molar-refractivity contribution in [1.29, 1.82) is 0 Å². The molecule has 0 saturated carbocycles. The maximum absolute atomic E-state index is 12.2. The van der Waals surface area contributed by atoms with Crippen LogP contribution in [-0.2, 0) is 11.2 Å². The van der Waals surface area contributed by atoms with Crippen LogP contribution in [-0.4, -0.2) is 5.78 Å². The van der Waals surface area contributed by atoms with Crippen LogP contribution in [0.15, 0.2) is 23.5 Å². The SMILES string of the molecule is CCCC(=O)C1=C(C)Oc2c(cc(C)cc2C(C)C)C1. The van der Waals surface area contributed by atoms with Crippen molar-refractivity contribution in [2.24, 2.45) is 0 Å². The largest absolute Gasteiger partial charge is 0.461 e. The van der Waals surface area contributed by atoms with Crippen molar-refractivity contribution < 1.29 is 9.53 Å². The number of carbonyl (C=O) groups is 1. The number of allylic oxidation sites excluding steroid dienone is 2. The second-order valence-electron chi connectivity index (χ2n) is 5.98. The molecule has 1 aliphatic heterocycles. The Labute approximate surface area is 121 Å². The number of carbonyl (C=O) groups excluding carboxylic acids is 1. The lowest BCUT2D eigenvalue weighted by Crippen LogP contribution is -2.17. The van der Waals surface area contributed by atoms with Crippen LogP contribution >= 0.6 is 0 Å². The van der Waals surface area contributed by atoms with E-state index in [2.05, 4.69) is 32.9 Å². The normalized spacial score (nSPS) is 14.3. The average Bonchev–Trinajstić information content (AvgIpc) is 2.37. The third kappa shape index (κ3) is 2.79. The Kier molecular flexibility index (Phi) is 4.32. The van der Waals surface area contributed by atoms with Gasteiger partial charge >= 0.3 is 0 Å². The third-order valence-electron chi connectivity index (χ3n) is 3.82. The van der Waals surface area contributed by atoms with E-state index in [9.17, 15) is 4.79 Å². The van der Waals surface area contributed by atoms with E-state index < -0.39 is 0 Å². The van der Waals surface area contributed by atoms with Gasteiger partial charge in [0.15, 0.2) is 5.78 Å². The summed E-state index contributed by atoms with van der Waals surface area (Å²) in [7, 11) is 0. The lowest BCUT2D eigenvalue weighted by Gasteiger charge is -2.25. The second kappa shape index (κ2) is 5.82. The number of hydrogen-bond acceptors (Lipinski definition) is 2. The lowest BCUT2D eigenvalue weighted by atomic mass is 9.90. The van der Waals surface area contributed by atoms with Gasteiger partial charge in [0.05, 0.1) is 0 Å². The summed E-state index contributed by atoms with van der Waals surface area (Å²) < 4.78 is 6.02. The van der Waals surface area contributed by atoms with Crippen LogP contribution in [0, 0.1) is 6.92 Å². The summed E-state index contributed by atoms with van der Waals surface area (Å²) in [6, 6.07) is 4.34. The van der Waals surface area contributed by atoms with Crippen LogP contribution in [0.1, 0.15) is 63.1 Å². The van der Waals surface area contributed by atoms with Gasteiger partial charge in [0.2, 0.25) is 0 Å². The Morgan fingerprint density at radius 2 is 2.00 bits per heavy atom. The Morgan fingerprint density at radius 1 is 1.30 bits per heavy atom. The Balaban J connectivity index is 2.43. The molecule has 0 fully saturated rings. The highest BCUT2D eigenvalue weighted by Crippen LogP contribution is 2.38. The minimum atomic E-state index is 0.225. The third-order valence-corrected chi connectivity index (χ3v) is 3.82. The van der Waals surface area contributed by atoms with Crippen molar-refractivity contribution in [2.45, 2.75) is 59.8 Å². The van der Waals surface area contributed by atoms with Crippen LogP contribution in [0.5, 0.6) is 5.75 Å². The molecule has 0 spiro atoms. The van der Waals surface area contributed by atoms with Crippen molar-refractivity contribution in [3.8, 4) is 5.75 Å². The van der Waals surface area contributed by atoms with Gasteiger partial charge < -0.3 is 4.74 Å². The number of ketones is 1. The fourth-order valence-corrected chi connectivity index (χ4v) is 2.77. The van der Waals surface area contributed by atoms with E-state index >= 15 is 0 Å². The minimum Gasteiger partial charge on any atom is -0.461 e. The number of benzene rings is 1. The number of hydrogen-bond donors (Lipinski definition) is 0. The molecule has 0 bridgehead atoms. The van der Waals surface area contributed by atoms with Crippen LogP contribution in [0.4, 0.5) is 0 Å². The molecule has 2 rings (SSSR count). The molecule has 1 aromatic rings. The van der Waals surface area contributed by atoms with Gasteiger partial charge in [-0.25, -0.2) is 0 Å². The van der Waals surface area contributed by atoms with Crippen LogP contribution in [0.2, 0.25) is 0 Å². The molecule has 1 aliphatic rings. The first-order chi connectivity index (χ1) is 9.43. The summed E-state index contributed by atoms with van der Waals surface area (Å²) in [6.07, 6.45) is 2.20. The molecule has 108 valence electrons. The summed E-state index contributed by atoms with van der Waals surface area (Å²) in [4.78, 5) is 12.2. The van der Waals surface area contributed by atoms with Crippen molar-refractivity contribution >= 4 is 5.78 Å². The molecule has 0 unspecified atom stereocenters. The highest BCUT2D eigenvalue weighted by atomic mass is 16.5. The van der Waals surface area contributed by atoms with Gasteiger partial charge in [-0.3, -0.25) is 4.79 Å². The van der Waals surface area contributed by atoms with E-state index in [-0.39, 0.29) is 5.78 Å². The van der Waals surface area contributed by atoms with Crippen LogP contribution < -0.4 is 4.74 Å². The van der Waals surface area contributed by atoms with Gasteiger partial charge in [0.1, 0.15) is 11.5 Å². The van der Waals surface area contributed by atoms with Crippen molar-refractivity contribution in [1.82, 2.24) is 0 Å². The minimum absolute atomic E-state index is 0.225. The number of aryl methyl sites for hydroxylation is 1. The summed E-state index contributed by atoms with van der Waals surface area (Å²) in [5.74, 6) is 2.39. The predicted molar refractivity (Wildman–Crippen MR) is 82.2 cm³/mol. The summed E-state index contributed by atoms with van der Waals surface area (Å²) in [5.41, 5.74) is 4.47. The molecule has 0 atom stereocenters. The quantitative estimate of drug-likeness (QED) is 0.794. The Hall–Kier alpha value is -1.57. The molecule has 0 radical (unpaired) electrons. The maximum atomic E-state index is 12.2. The smallest absolute Gasteiger partial charge is 0.162 e. The molecule has 1 aromatic carbocycles. The Morgan fingerprint density at radius 3 is 2.60 bits per heavy atom. The molecule has 2 nitrogen and oxygen atoms in total. The average molecular weight is 272 g/mol. The number of Topliss-reactive ketones (excluding diaryl/α,β-unsaturated/α-hetero) is 1. The molecule has 2 heteroatoms. The zero-order valence-corrected chi connectivity index (χ0v) is 13.2. The zero-order valence-electron chi connectivity index (χ0n) is 13.2. The van der Waals surface area contributed by atoms with E-state index in [4.69, 9.17) is 4.74 Å². The predicted octanol–water partition coefficient (Wildman–Crippen LogP) is 4.70. The summed E-state index contributed by atoms with van der Waals surface area (Å²) in [5, 5.41) is 0. The summed E-state index contributed by atoms with van der Waals surface area (Å²) in [6.45, 7) is 10.4. The van der Waals surface area contributed by atoms with E-state index in [1.807, 2.05) is 13.8 Å². The molecule has 1 heterocycles. The van der Waals surface area contributed by atoms with E-state index in [1.165, 1.54) is 11.1 Å². The highest BCUT2D eigenvalue weighted by Gasteiger charge is 2.24. The van der Waals surface area contributed by atoms with Crippen molar-refractivity contribution in [3.05, 3.63) is 40.2 Å². The molecule has 0 saturated heterocycles. The van der Waals surface area contributed by atoms with E-state index in [0.717, 1.165) is 29.1 Å². The molecule has 0 amide bonds. The monoisotopic (exact) mass is 272 g/mol. The lowest BCUT2D eigenvalue weighted by molar-refractivity contribution is -0.115. The second-order valence-corrected chi connectivity index (χ2v) is 5.98. The van der Waals surface area contributed by atoms with Crippen molar-refractivity contribution in [3.63, 3.8) is 0 Å². The first-order valence-corrected chi connectivity index (χ1v) is 7.48. The molecular weight excluding hydrogens is 248 g/mol. The first kappa shape index (κ1) is 14.8. The molecular formula is C18H24O2. The number of ether oxygens (including phenoxy) is 1. The number of fused-ring (bicyclic) bond motifs is 1. The van der Waals surface area contributed by atoms with Gasteiger partial charge in [-0.05, 0) is 37.3 Å². The molecule has 20 heavy (non-hydrogen) atoms. The van der Waals surface area contributed by atoms with Gasteiger partial charge in [0.25, 0.3) is 0 Å². The van der Waals surface area contributed by atoms with Gasteiger partial charge in [-0.1, -0.05) is 38.5 Å². The van der Waals surface area contributed by atoms with Gasteiger partial charge in [-0.2, -0.15) is 0 Å². The first-order valence-electron chi connectivity index (χ1n) is 7.48. The van der Waals surface area contributed by atoms with Crippen molar-refractivity contribution in [2.75, 3.05) is 0 Å².